The van der Waals surface area contributed by atoms with Crippen LogP contribution in [0.1, 0.15) is 53.0 Å². The van der Waals surface area contributed by atoms with Crippen molar-refractivity contribution in [1.82, 2.24) is 9.80 Å². The SMILES string of the molecule is CCCN(CCC)C(=O)c1cccc(NC(=O)CNc2cccc(C(=O)N(C)Cc3ccccc3)c2)c1. The molecule has 0 spiro atoms. The first-order valence-electron chi connectivity index (χ1n) is 12.7. The minimum absolute atomic E-state index is 0.0213. The molecule has 0 bridgehead atoms. The van der Waals surface area contributed by atoms with Crippen LogP contribution >= 0.6 is 0 Å². The van der Waals surface area contributed by atoms with Gasteiger partial charge < -0.3 is 20.4 Å². The van der Waals surface area contributed by atoms with Gasteiger partial charge >= 0.3 is 0 Å². The molecule has 194 valence electrons. The highest BCUT2D eigenvalue weighted by Gasteiger charge is 2.15. The Hall–Kier alpha value is -4.13. The van der Waals surface area contributed by atoms with Crippen molar-refractivity contribution in [1.29, 1.82) is 0 Å². The van der Waals surface area contributed by atoms with Crippen molar-refractivity contribution in [2.75, 3.05) is 37.3 Å². The number of carbonyl (C=O) groups is 3. The van der Waals surface area contributed by atoms with E-state index in [4.69, 9.17) is 0 Å². The second-order valence-electron chi connectivity index (χ2n) is 9.00. The molecule has 2 N–H and O–H groups in total. The lowest BCUT2D eigenvalue weighted by Crippen LogP contribution is -2.32. The van der Waals surface area contributed by atoms with Gasteiger partial charge in [0.1, 0.15) is 0 Å². The van der Waals surface area contributed by atoms with Gasteiger partial charge in [0.25, 0.3) is 11.8 Å². The van der Waals surface area contributed by atoms with Crippen LogP contribution in [-0.4, -0.2) is 54.2 Å². The quantitative estimate of drug-likeness (QED) is 0.355. The minimum Gasteiger partial charge on any atom is -0.376 e. The molecule has 3 amide bonds. The van der Waals surface area contributed by atoms with Crippen LogP contribution in [-0.2, 0) is 11.3 Å². The van der Waals surface area contributed by atoms with E-state index in [2.05, 4.69) is 10.6 Å². The third-order valence-electron chi connectivity index (χ3n) is 5.84. The summed E-state index contributed by atoms with van der Waals surface area (Å²) in [5.74, 6) is -0.378. The Bertz CT molecular complexity index is 1190. The smallest absolute Gasteiger partial charge is 0.253 e. The second-order valence-corrected chi connectivity index (χ2v) is 9.00. The number of hydrogen-bond donors (Lipinski definition) is 2. The predicted octanol–water partition coefficient (Wildman–Crippen LogP) is 5.27. The monoisotopic (exact) mass is 500 g/mol. The van der Waals surface area contributed by atoms with Crippen LogP contribution in [0.3, 0.4) is 0 Å². The van der Waals surface area contributed by atoms with Crippen molar-refractivity contribution in [2.24, 2.45) is 0 Å². The molecule has 0 atom stereocenters. The highest BCUT2D eigenvalue weighted by Crippen LogP contribution is 2.16. The fourth-order valence-electron chi connectivity index (χ4n) is 4.07. The lowest BCUT2D eigenvalue weighted by molar-refractivity contribution is -0.114. The van der Waals surface area contributed by atoms with Gasteiger partial charge in [-0.15, -0.1) is 0 Å². The van der Waals surface area contributed by atoms with Crippen LogP contribution in [0.25, 0.3) is 0 Å². The first kappa shape index (κ1) is 27.5. The van der Waals surface area contributed by atoms with E-state index in [-0.39, 0.29) is 24.3 Å². The Balaban J connectivity index is 1.57. The predicted molar refractivity (Wildman–Crippen MR) is 149 cm³/mol. The molecule has 0 fully saturated rings. The standard InChI is InChI=1S/C30H36N4O3/c1-4-17-34(18-5-2)30(37)25-14-10-16-27(20-25)32-28(35)21-31-26-15-9-13-24(19-26)29(36)33(3)22-23-11-7-6-8-12-23/h6-16,19-20,31H,4-5,17-18,21-22H2,1-3H3,(H,32,35). The van der Waals surface area contributed by atoms with Gasteiger partial charge in [0.15, 0.2) is 0 Å². The summed E-state index contributed by atoms with van der Waals surface area (Å²) in [6, 6.07) is 23.9. The number of amides is 3. The Morgan fingerprint density at radius 3 is 1.97 bits per heavy atom. The van der Waals surface area contributed by atoms with Crippen molar-refractivity contribution in [3.63, 3.8) is 0 Å². The van der Waals surface area contributed by atoms with E-state index in [1.807, 2.05) is 55.1 Å². The molecule has 7 nitrogen and oxygen atoms in total. The Labute approximate surface area is 219 Å². The largest absolute Gasteiger partial charge is 0.376 e. The van der Waals surface area contributed by atoms with Crippen molar-refractivity contribution in [3.8, 4) is 0 Å². The second kappa shape index (κ2) is 13.8. The number of benzene rings is 3. The van der Waals surface area contributed by atoms with Gasteiger partial charge in [-0.1, -0.05) is 56.3 Å². The van der Waals surface area contributed by atoms with Gasteiger partial charge in [0.2, 0.25) is 5.91 Å². The zero-order valence-corrected chi connectivity index (χ0v) is 21.9. The van der Waals surface area contributed by atoms with E-state index < -0.39 is 0 Å². The summed E-state index contributed by atoms with van der Waals surface area (Å²) in [6.07, 6.45) is 1.79. The van der Waals surface area contributed by atoms with E-state index in [1.165, 1.54) is 0 Å². The van der Waals surface area contributed by atoms with Crippen LogP contribution in [0.2, 0.25) is 0 Å². The van der Waals surface area contributed by atoms with Gasteiger partial charge in [0, 0.05) is 49.2 Å². The molecular weight excluding hydrogens is 464 g/mol. The van der Waals surface area contributed by atoms with Gasteiger partial charge in [0.05, 0.1) is 6.54 Å². The molecule has 0 aliphatic heterocycles. The molecule has 0 aromatic heterocycles. The molecule has 0 aliphatic rings. The average molecular weight is 501 g/mol. The van der Waals surface area contributed by atoms with Crippen molar-refractivity contribution in [2.45, 2.75) is 33.2 Å². The molecule has 0 saturated heterocycles. The van der Waals surface area contributed by atoms with Gasteiger partial charge in [-0.25, -0.2) is 0 Å². The van der Waals surface area contributed by atoms with Gasteiger partial charge in [-0.3, -0.25) is 14.4 Å². The third kappa shape index (κ3) is 8.20. The summed E-state index contributed by atoms with van der Waals surface area (Å²) < 4.78 is 0. The maximum atomic E-state index is 12.9. The summed E-state index contributed by atoms with van der Waals surface area (Å²) >= 11 is 0. The summed E-state index contributed by atoms with van der Waals surface area (Å²) in [6.45, 7) is 6.04. The fourth-order valence-corrected chi connectivity index (χ4v) is 4.07. The lowest BCUT2D eigenvalue weighted by Gasteiger charge is -2.21. The van der Waals surface area contributed by atoms with Gasteiger partial charge in [-0.2, -0.15) is 0 Å². The molecule has 0 heterocycles. The van der Waals surface area contributed by atoms with Crippen LogP contribution in [0.5, 0.6) is 0 Å². The molecule has 3 aromatic rings. The van der Waals surface area contributed by atoms with E-state index in [0.29, 0.717) is 42.1 Å². The van der Waals surface area contributed by atoms with E-state index in [0.717, 1.165) is 18.4 Å². The molecule has 0 saturated carbocycles. The molecule has 0 aliphatic carbocycles. The van der Waals surface area contributed by atoms with E-state index in [9.17, 15) is 14.4 Å². The Kier molecular flexibility index (Phi) is 10.3. The maximum absolute atomic E-state index is 12.9. The Morgan fingerprint density at radius 2 is 1.32 bits per heavy atom. The third-order valence-corrected chi connectivity index (χ3v) is 5.84. The summed E-state index contributed by atoms with van der Waals surface area (Å²) in [7, 11) is 1.77. The molecule has 0 radical (unpaired) electrons. The van der Waals surface area contributed by atoms with Crippen LogP contribution in [0.4, 0.5) is 11.4 Å². The number of nitrogens with one attached hydrogen (secondary N) is 2. The van der Waals surface area contributed by atoms with Crippen LogP contribution < -0.4 is 10.6 Å². The number of anilines is 2. The topological polar surface area (TPSA) is 81.8 Å². The fraction of sp³-hybridized carbons (Fsp3) is 0.300. The average Bonchev–Trinajstić information content (AvgIpc) is 2.92. The summed E-state index contributed by atoms with van der Waals surface area (Å²) in [5.41, 5.74) is 3.39. The van der Waals surface area contributed by atoms with Crippen molar-refractivity contribution >= 4 is 29.1 Å². The van der Waals surface area contributed by atoms with Gasteiger partial charge in [-0.05, 0) is 54.8 Å². The van der Waals surface area contributed by atoms with Crippen LogP contribution in [0, 0.1) is 0 Å². The normalized spacial score (nSPS) is 10.5. The van der Waals surface area contributed by atoms with Crippen LogP contribution in [0.15, 0.2) is 78.9 Å². The highest BCUT2D eigenvalue weighted by atomic mass is 16.2. The van der Waals surface area contributed by atoms with Crippen molar-refractivity contribution < 1.29 is 14.4 Å². The molecule has 37 heavy (non-hydrogen) atoms. The van der Waals surface area contributed by atoms with E-state index in [1.54, 1.807) is 54.4 Å². The van der Waals surface area contributed by atoms with Crippen molar-refractivity contribution in [3.05, 3.63) is 95.6 Å². The molecule has 7 heteroatoms. The Morgan fingerprint density at radius 1 is 0.730 bits per heavy atom. The number of carbonyl (C=O) groups excluding carboxylic acids is 3. The summed E-state index contributed by atoms with van der Waals surface area (Å²) in [5, 5.41) is 5.93. The summed E-state index contributed by atoms with van der Waals surface area (Å²) in [4.78, 5) is 41.9. The first-order chi connectivity index (χ1) is 17.9. The zero-order chi connectivity index (χ0) is 26.6. The molecule has 3 aromatic carbocycles. The van der Waals surface area contributed by atoms with E-state index >= 15 is 0 Å². The highest BCUT2D eigenvalue weighted by molar-refractivity contribution is 5.98. The first-order valence-corrected chi connectivity index (χ1v) is 12.7. The lowest BCUT2D eigenvalue weighted by atomic mass is 10.1. The molecule has 3 rings (SSSR count). The molecular formula is C30H36N4O3. The maximum Gasteiger partial charge on any atom is 0.253 e. The number of rotatable bonds is 12. The minimum atomic E-state index is -0.249. The number of nitrogens with zero attached hydrogens (tertiary/aromatic N) is 2. The number of hydrogen-bond acceptors (Lipinski definition) is 4. The zero-order valence-electron chi connectivity index (χ0n) is 21.9. The molecule has 0 unspecified atom stereocenters.